The Hall–Kier alpha value is -6.57. The van der Waals surface area contributed by atoms with Crippen molar-refractivity contribution in [2.24, 2.45) is 30.7 Å². The lowest BCUT2D eigenvalue weighted by molar-refractivity contribution is 0.0697. The molecule has 0 radical (unpaired) electrons. The van der Waals surface area contributed by atoms with Crippen molar-refractivity contribution in [3.05, 3.63) is 95.6 Å². The fraction of sp³-hybridized carbons (Fsp3) is 0.118. The van der Waals surface area contributed by atoms with Gasteiger partial charge in [0.05, 0.1) is 33.0 Å². The first-order valence-electron chi connectivity index (χ1n) is 16.2. The molecule has 0 aliphatic heterocycles. The van der Waals surface area contributed by atoms with E-state index in [1.807, 2.05) is 0 Å². The number of pyridine rings is 1. The number of aromatic nitrogens is 2. The van der Waals surface area contributed by atoms with Crippen molar-refractivity contribution in [1.82, 2.24) is 9.38 Å². The average Bonchev–Trinajstić information content (AvgIpc) is 3.52. The van der Waals surface area contributed by atoms with Crippen LogP contribution in [0.3, 0.4) is 0 Å². The third-order valence-electron chi connectivity index (χ3n) is 8.19. The number of fused-ring (bicyclic) bond motifs is 3. The zero-order valence-electron chi connectivity index (χ0n) is 29.7. The number of hydrogen-bond donors (Lipinski definition) is 5. The molecule has 6 rings (SSSR count). The Labute approximate surface area is 328 Å². The molecule has 24 heteroatoms. The third-order valence-corrected chi connectivity index (χ3v) is 10.6. The van der Waals surface area contributed by atoms with Gasteiger partial charge < -0.3 is 14.9 Å². The fourth-order valence-electron chi connectivity index (χ4n) is 5.43. The summed E-state index contributed by atoms with van der Waals surface area (Å²) in [4.78, 5) is 15.6. The zero-order chi connectivity index (χ0) is 42.2. The van der Waals surface area contributed by atoms with Crippen LogP contribution in [0.1, 0.15) is 21.5 Å². The molecule has 0 saturated carbocycles. The lowest BCUT2D eigenvalue weighted by Gasteiger charge is -2.12. The van der Waals surface area contributed by atoms with Gasteiger partial charge in [0.2, 0.25) is 5.88 Å². The maximum Gasteiger partial charge on any atom is 0.339 e. The molecule has 0 fully saturated rings. The summed E-state index contributed by atoms with van der Waals surface area (Å²) in [6.07, 6.45) is 0. The van der Waals surface area contributed by atoms with Crippen LogP contribution in [-0.2, 0) is 30.4 Å². The predicted octanol–water partition coefficient (Wildman–Crippen LogP) is 7.51. The summed E-state index contributed by atoms with van der Waals surface area (Å²) in [5, 5.41) is 45.5. The number of azo groups is 3. The van der Waals surface area contributed by atoms with E-state index in [0.29, 0.717) is 16.6 Å². The Morgan fingerprint density at radius 2 is 1.38 bits per heavy atom. The summed E-state index contributed by atoms with van der Waals surface area (Å²) in [7, 11) is -13.9. The monoisotopic (exact) mass is 852 g/mol. The second kappa shape index (κ2) is 15.8. The molecule has 0 spiro atoms. The minimum Gasteiger partial charge on any atom is -0.493 e. The van der Waals surface area contributed by atoms with Crippen LogP contribution in [0.15, 0.2) is 119 Å². The number of hydrogen-bond acceptors (Lipinski definition) is 16. The zero-order valence-corrected chi connectivity index (χ0v) is 32.2. The van der Waals surface area contributed by atoms with Crippen molar-refractivity contribution in [2.45, 2.75) is 23.6 Å². The highest BCUT2D eigenvalue weighted by molar-refractivity contribution is 7.86. The summed E-state index contributed by atoms with van der Waals surface area (Å²) in [6, 6.07) is 17.2. The van der Waals surface area contributed by atoms with Crippen LogP contribution < -0.4 is 4.74 Å². The molecular weight excluding hydrogens is 825 g/mol. The molecule has 0 bridgehead atoms. The molecule has 0 saturated heterocycles. The summed E-state index contributed by atoms with van der Waals surface area (Å²) in [6.45, 7) is 2.36. The largest absolute Gasteiger partial charge is 0.493 e. The quantitative estimate of drug-likeness (QED) is 0.0554. The molecule has 5 N–H and O–H groups in total. The van der Waals surface area contributed by atoms with Crippen molar-refractivity contribution in [3.63, 3.8) is 0 Å². The number of benzene rings is 4. The highest BCUT2D eigenvalue weighted by Crippen LogP contribution is 2.41. The molecule has 0 unspecified atom stereocenters. The van der Waals surface area contributed by atoms with Gasteiger partial charge in [0.25, 0.3) is 30.4 Å². The first-order valence-corrected chi connectivity index (χ1v) is 20.7. The summed E-state index contributed by atoms with van der Waals surface area (Å²) in [5.41, 5.74) is 0.271. The molecule has 0 aliphatic rings. The smallest absolute Gasteiger partial charge is 0.339 e. The predicted molar refractivity (Wildman–Crippen MR) is 204 cm³/mol. The number of para-hydroxylation sites is 2. The maximum atomic E-state index is 12.4. The summed E-state index contributed by atoms with van der Waals surface area (Å²) >= 11 is 0. The second-order valence-corrected chi connectivity index (χ2v) is 16.6. The number of aromatic hydroxyl groups is 1. The third kappa shape index (κ3) is 9.01. The Kier molecular flexibility index (Phi) is 11.2. The number of aromatic carboxylic acids is 1. The van der Waals surface area contributed by atoms with Gasteiger partial charge in [-0.3, -0.25) is 18.1 Å². The minimum atomic E-state index is -4.93. The highest BCUT2D eigenvalue weighted by Gasteiger charge is 2.25. The molecule has 4 aromatic carbocycles. The van der Waals surface area contributed by atoms with Gasteiger partial charge in [-0.05, 0) is 80.1 Å². The van der Waals surface area contributed by atoms with Crippen LogP contribution in [-0.4, -0.2) is 76.8 Å². The fourth-order valence-corrected chi connectivity index (χ4v) is 6.85. The molecule has 300 valence electrons. The first-order chi connectivity index (χ1) is 27.2. The number of rotatable bonds is 13. The van der Waals surface area contributed by atoms with Crippen molar-refractivity contribution in [2.75, 3.05) is 12.4 Å². The van der Waals surface area contributed by atoms with Crippen LogP contribution in [0, 0.1) is 13.8 Å². The lowest BCUT2D eigenvalue weighted by Crippen LogP contribution is -2.12. The van der Waals surface area contributed by atoms with Gasteiger partial charge in [-0.1, -0.05) is 12.1 Å². The molecule has 0 atom stereocenters. The molecule has 21 nitrogen and oxygen atoms in total. The van der Waals surface area contributed by atoms with Gasteiger partial charge in [0, 0.05) is 11.6 Å². The Morgan fingerprint density at radius 3 is 2.03 bits per heavy atom. The van der Waals surface area contributed by atoms with E-state index < -0.39 is 59.5 Å². The molecule has 2 heterocycles. The van der Waals surface area contributed by atoms with Crippen LogP contribution in [0.4, 0.5) is 34.1 Å². The van der Waals surface area contributed by atoms with Gasteiger partial charge in [-0.25, -0.2) is 9.78 Å². The maximum absolute atomic E-state index is 12.4. The van der Waals surface area contributed by atoms with E-state index in [1.165, 1.54) is 41.7 Å². The van der Waals surface area contributed by atoms with Crippen LogP contribution >= 0.6 is 0 Å². The SMILES string of the molecule is Cc1cc(N=Nc2c(C)c(C(=O)O)c3nc4ccccc4n3c2O)c(OCCS(=O)(=O)O)cc1N=Nc1ccc(N=Nc2ccc(S(=O)(=O)O)cc2)cc1S(=O)(=O)O. The van der Waals surface area contributed by atoms with Gasteiger partial charge in [-0.15, -0.1) is 15.3 Å². The Balaban J connectivity index is 1.37. The minimum absolute atomic E-state index is 0.0176. The van der Waals surface area contributed by atoms with E-state index >= 15 is 0 Å². The lowest BCUT2D eigenvalue weighted by atomic mass is 10.1. The highest BCUT2D eigenvalue weighted by atomic mass is 32.2. The van der Waals surface area contributed by atoms with E-state index in [9.17, 15) is 49.4 Å². The number of carboxylic acid groups (broad SMARTS) is 1. The van der Waals surface area contributed by atoms with Crippen LogP contribution in [0.2, 0.25) is 0 Å². The summed E-state index contributed by atoms with van der Waals surface area (Å²) in [5.74, 6) is -2.84. The first kappa shape index (κ1) is 41.1. The Morgan fingerprint density at radius 1 is 0.741 bits per heavy atom. The number of carboxylic acids is 1. The average molecular weight is 853 g/mol. The van der Waals surface area contributed by atoms with Gasteiger partial charge in [0.15, 0.2) is 5.65 Å². The van der Waals surface area contributed by atoms with Gasteiger partial charge in [-0.2, -0.15) is 40.6 Å². The normalized spacial score (nSPS) is 12.8. The standard InChI is InChI=1S/C34H28N8O13S3/c1-18-15-26(40-41-31-19(2)30(34(44)45)32-35-23-5-3-4-6-27(23)42(32)33(31)43)28(55-13-14-56(46,47)48)17-25(18)39-38-24-12-9-21(16-29(24)58(52,53)54)37-36-20-7-10-22(11-8-20)57(49,50)51/h3-12,15-17,43H,13-14H2,1-2H3,(H,44,45)(H,46,47,48)(H,49,50,51)(H,52,53,54). The molecule has 2 aromatic heterocycles. The van der Waals surface area contributed by atoms with Gasteiger partial charge in [0.1, 0.15) is 45.6 Å². The molecule has 58 heavy (non-hydrogen) atoms. The topological polar surface area (TPSA) is 321 Å². The number of nitrogens with zero attached hydrogens (tertiary/aromatic N) is 8. The molecule has 0 aliphatic carbocycles. The Bertz CT molecular complexity index is 3080. The number of aryl methyl sites for hydroxylation is 1. The van der Waals surface area contributed by atoms with E-state index in [4.69, 9.17) is 9.29 Å². The van der Waals surface area contributed by atoms with Crippen molar-refractivity contribution in [1.29, 1.82) is 0 Å². The van der Waals surface area contributed by atoms with Crippen LogP contribution in [0.25, 0.3) is 16.7 Å². The van der Waals surface area contributed by atoms with Gasteiger partial charge >= 0.3 is 5.97 Å². The summed E-state index contributed by atoms with van der Waals surface area (Å²) < 4.78 is 105. The van der Waals surface area contributed by atoms with E-state index in [2.05, 4.69) is 35.7 Å². The van der Waals surface area contributed by atoms with E-state index in [1.54, 1.807) is 31.2 Å². The number of ether oxygens (including phenoxy) is 1. The molecular formula is C34H28N8O13S3. The van der Waals surface area contributed by atoms with Crippen molar-refractivity contribution in [3.8, 4) is 11.6 Å². The number of imidazole rings is 1. The van der Waals surface area contributed by atoms with E-state index in [-0.39, 0.29) is 61.5 Å². The van der Waals surface area contributed by atoms with Crippen LogP contribution in [0.5, 0.6) is 11.6 Å². The molecule has 0 amide bonds. The second-order valence-electron chi connectivity index (χ2n) is 12.2. The number of carbonyl (C=O) groups is 1. The van der Waals surface area contributed by atoms with E-state index in [0.717, 1.165) is 24.3 Å². The van der Waals surface area contributed by atoms with Crippen molar-refractivity contribution >= 4 is 87.1 Å². The van der Waals surface area contributed by atoms with Crippen molar-refractivity contribution < 1.29 is 58.7 Å². The molecule has 6 aromatic rings.